The van der Waals surface area contributed by atoms with Gasteiger partial charge in [-0.1, -0.05) is 0 Å². The molecule has 1 radical (unpaired) electrons. The second-order valence-corrected chi connectivity index (χ2v) is 5.45. The molecule has 2 unspecified atom stereocenters. The van der Waals surface area contributed by atoms with Crippen LogP contribution in [0.25, 0.3) is 0 Å². The van der Waals surface area contributed by atoms with E-state index in [-0.39, 0.29) is 5.92 Å². The molecule has 0 aromatic rings. The lowest BCUT2D eigenvalue weighted by Crippen LogP contribution is -2.69. The molecule has 4 fully saturated rings. The van der Waals surface area contributed by atoms with Crippen molar-refractivity contribution >= 4 is 6.47 Å². The van der Waals surface area contributed by atoms with E-state index in [1.54, 1.807) is 0 Å². The Morgan fingerprint density at radius 2 is 1.73 bits per heavy atom. The van der Waals surface area contributed by atoms with Gasteiger partial charge in [-0.2, -0.15) is 0 Å². The van der Waals surface area contributed by atoms with Crippen molar-refractivity contribution in [1.29, 1.82) is 0 Å². The Balaban J connectivity index is 2.00. The van der Waals surface area contributed by atoms with Gasteiger partial charge >= 0.3 is 6.47 Å². The first-order chi connectivity index (χ1) is 7.07. The van der Waals surface area contributed by atoms with Gasteiger partial charge in [-0.25, -0.2) is 4.79 Å². The summed E-state index contributed by atoms with van der Waals surface area (Å²) in [6, 6.07) is 0. The zero-order valence-electron chi connectivity index (χ0n) is 8.48. The molecule has 4 bridgehead atoms. The quantitative estimate of drug-likeness (QED) is 0.646. The second kappa shape index (κ2) is 2.74. The molecule has 2 atom stereocenters. The molecule has 0 aromatic carbocycles. The van der Waals surface area contributed by atoms with Crippen molar-refractivity contribution in [2.75, 3.05) is 0 Å². The molecular formula is C11H15O4. The van der Waals surface area contributed by atoms with Gasteiger partial charge in [0, 0.05) is 5.92 Å². The Bertz CT molecular complexity index is 285. The van der Waals surface area contributed by atoms with E-state index in [1.807, 2.05) is 0 Å². The molecule has 4 nitrogen and oxygen atoms in total. The van der Waals surface area contributed by atoms with Gasteiger partial charge in [0.1, 0.15) is 0 Å². The zero-order chi connectivity index (χ0) is 10.7. The van der Waals surface area contributed by atoms with E-state index in [9.17, 15) is 15.0 Å². The maximum atomic E-state index is 10.4. The number of hydrogen-bond acceptors (Lipinski definition) is 4. The first kappa shape index (κ1) is 9.60. The molecule has 4 rings (SSSR count). The highest BCUT2D eigenvalue weighted by Gasteiger charge is 2.66. The monoisotopic (exact) mass is 211 g/mol. The molecule has 0 saturated heterocycles. The molecule has 0 amide bonds. The molecule has 0 aliphatic heterocycles. The molecule has 0 aromatic heterocycles. The van der Waals surface area contributed by atoms with Crippen molar-refractivity contribution in [2.24, 2.45) is 17.8 Å². The lowest BCUT2D eigenvalue weighted by atomic mass is 9.51. The Hall–Kier alpha value is -0.610. The highest BCUT2D eigenvalue weighted by atomic mass is 16.6. The van der Waals surface area contributed by atoms with E-state index in [4.69, 9.17) is 4.74 Å². The van der Waals surface area contributed by atoms with Crippen molar-refractivity contribution in [2.45, 2.75) is 43.5 Å². The van der Waals surface area contributed by atoms with Gasteiger partial charge in [0.2, 0.25) is 5.79 Å². The van der Waals surface area contributed by atoms with Gasteiger partial charge in [0.25, 0.3) is 0 Å². The van der Waals surface area contributed by atoms with E-state index in [0.29, 0.717) is 24.7 Å². The van der Waals surface area contributed by atoms with E-state index in [1.165, 1.54) is 6.47 Å². The average Bonchev–Trinajstić information content (AvgIpc) is 2.14. The Kier molecular flexibility index (Phi) is 1.75. The highest BCUT2D eigenvalue weighted by molar-refractivity contribution is 5.40. The fourth-order valence-corrected chi connectivity index (χ4v) is 4.15. The van der Waals surface area contributed by atoms with E-state index < -0.39 is 11.4 Å². The number of rotatable bonds is 2. The van der Waals surface area contributed by atoms with Gasteiger partial charge < -0.3 is 14.9 Å². The minimum atomic E-state index is -1.84. The largest absolute Gasteiger partial charge is 0.445 e. The molecule has 4 aliphatic rings. The van der Waals surface area contributed by atoms with Crippen LogP contribution in [0.15, 0.2) is 0 Å². The lowest BCUT2D eigenvalue weighted by Gasteiger charge is -2.61. The van der Waals surface area contributed by atoms with Gasteiger partial charge in [-0.05, 0) is 43.9 Å². The summed E-state index contributed by atoms with van der Waals surface area (Å²) in [7, 11) is 0. The molecule has 4 heteroatoms. The zero-order valence-corrected chi connectivity index (χ0v) is 8.48. The predicted octanol–water partition coefficient (Wildman–Crippen LogP) is 0.330. The van der Waals surface area contributed by atoms with E-state index in [2.05, 4.69) is 0 Å². The standard InChI is InChI=1S/C11H15O4/c12-6-15-10-4-7-1-8(5-10)3-9(2-7)11(10,13)14/h7-9,13-14H,1-5H2. The Morgan fingerprint density at radius 1 is 1.13 bits per heavy atom. The molecule has 0 heterocycles. The first-order valence-electron chi connectivity index (χ1n) is 5.57. The van der Waals surface area contributed by atoms with Crippen LogP contribution in [0.5, 0.6) is 0 Å². The summed E-state index contributed by atoms with van der Waals surface area (Å²) in [4.78, 5) is 10.4. The third-order valence-electron chi connectivity index (χ3n) is 4.62. The minimum absolute atomic E-state index is 0.128. The summed E-state index contributed by atoms with van der Waals surface area (Å²) < 4.78 is 4.95. The van der Waals surface area contributed by atoms with Crippen LogP contribution >= 0.6 is 0 Å². The van der Waals surface area contributed by atoms with Crippen LogP contribution in [-0.4, -0.2) is 28.1 Å². The maximum Gasteiger partial charge on any atom is 0.418 e. The van der Waals surface area contributed by atoms with Crippen molar-refractivity contribution < 1.29 is 19.7 Å². The molecule has 83 valence electrons. The summed E-state index contributed by atoms with van der Waals surface area (Å²) in [6.07, 6.45) is 4.03. The van der Waals surface area contributed by atoms with Crippen molar-refractivity contribution in [3.05, 3.63) is 0 Å². The SMILES string of the molecule is O=[C]OC12CC3CC(CC(C3)C1(O)O)C2. The van der Waals surface area contributed by atoms with Crippen molar-refractivity contribution in [1.82, 2.24) is 0 Å². The molecule has 4 saturated carbocycles. The summed E-state index contributed by atoms with van der Waals surface area (Å²) >= 11 is 0. The van der Waals surface area contributed by atoms with Gasteiger partial charge in [-0.15, -0.1) is 0 Å². The third kappa shape index (κ3) is 1.06. The van der Waals surface area contributed by atoms with Crippen LogP contribution in [-0.2, 0) is 9.53 Å². The van der Waals surface area contributed by atoms with Crippen LogP contribution in [0.4, 0.5) is 0 Å². The average molecular weight is 211 g/mol. The molecule has 15 heavy (non-hydrogen) atoms. The predicted molar refractivity (Wildman–Crippen MR) is 50.2 cm³/mol. The van der Waals surface area contributed by atoms with Crippen molar-refractivity contribution in [3.8, 4) is 0 Å². The molecule has 0 spiro atoms. The molecule has 4 aliphatic carbocycles. The first-order valence-corrected chi connectivity index (χ1v) is 5.57. The van der Waals surface area contributed by atoms with Gasteiger partial charge in [0.15, 0.2) is 5.60 Å². The third-order valence-corrected chi connectivity index (χ3v) is 4.62. The van der Waals surface area contributed by atoms with Gasteiger partial charge in [-0.3, -0.25) is 0 Å². The minimum Gasteiger partial charge on any atom is -0.445 e. The Morgan fingerprint density at radius 3 is 2.27 bits per heavy atom. The van der Waals surface area contributed by atoms with E-state index >= 15 is 0 Å². The number of aliphatic hydroxyl groups is 2. The highest BCUT2D eigenvalue weighted by Crippen LogP contribution is 2.60. The lowest BCUT2D eigenvalue weighted by molar-refractivity contribution is -0.353. The molecular weight excluding hydrogens is 196 g/mol. The van der Waals surface area contributed by atoms with Crippen LogP contribution in [0, 0.1) is 17.8 Å². The second-order valence-electron chi connectivity index (χ2n) is 5.45. The summed E-state index contributed by atoms with van der Waals surface area (Å²) in [5, 5.41) is 20.3. The maximum absolute atomic E-state index is 10.4. The fraction of sp³-hybridized carbons (Fsp3) is 0.909. The topological polar surface area (TPSA) is 66.8 Å². The van der Waals surface area contributed by atoms with Crippen LogP contribution in [0.1, 0.15) is 32.1 Å². The fourth-order valence-electron chi connectivity index (χ4n) is 4.15. The summed E-state index contributed by atoms with van der Waals surface area (Å²) in [5.41, 5.74) is -1.07. The van der Waals surface area contributed by atoms with Crippen LogP contribution in [0.3, 0.4) is 0 Å². The molecule has 2 N–H and O–H groups in total. The summed E-state index contributed by atoms with van der Waals surface area (Å²) in [5.74, 6) is -0.985. The normalized spacial score (nSPS) is 50.4. The number of ether oxygens (including phenoxy) is 1. The van der Waals surface area contributed by atoms with Crippen LogP contribution < -0.4 is 0 Å². The smallest absolute Gasteiger partial charge is 0.418 e. The van der Waals surface area contributed by atoms with Gasteiger partial charge in [0.05, 0.1) is 0 Å². The number of hydrogen-bond donors (Lipinski definition) is 2. The Labute approximate surface area is 88.2 Å². The summed E-state index contributed by atoms with van der Waals surface area (Å²) in [6.45, 7) is 1.41. The van der Waals surface area contributed by atoms with E-state index in [0.717, 1.165) is 19.3 Å². The van der Waals surface area contributed by atoms with Crippen LogP contribution in [0.2, 0.25) is 0 Å². The van der Waals surface area contributed by atoms with Crippen molar-refractivity contribution in [3.63, 3.8) is 0 Å². The number of carbonyl (C=O) groups excluding carboxylic acids is 1.